The highest BCUT2D eigenvalue weighted by Crippen LogP contribution is 2.27. The molecule has 0 unspecified atom stereocenters. The summed E-state index contributed by atoms with van der Waals surface area (Å²) < 4.78 is 0. The van der Waals surface area contributed by atoms with E-state index in [0.29, 0.717) is 5.92 Å². The Morgan fingerprint density at radius 3 is 2.53 bits per heavy atom. The van der Waals surface area contributed by atoms with Gasteiger partial charge in [0.25, 0.3) is 0 Å². The van der Waals surface area contributed by atoms with Crippen LogP contribution >= 0.6 is 0 Å². The summed E-state index contributed by atoms with van der Waals surface area (Å²) in [4.78, 5) is 0. The third-order valence-corrected chi connectivity index (χ3v) is 3.01. The fourth-order valence-corrected chi connectivity index (χ4v) is 2.33. The monoisotopic (exact) mass is 200 g/mol. The number of hydrogen-bond donors (Lipinski definition) is 1. The van der Waals surface area contributed by atoms with Crippen molar-refractivity contribution in [3.8, 4) is 0 Å². The molecular formula is C11H12N4. The van der Waals surface area contributed by atoms with Gasteiger partial charge in [-0.1, -0.05) is 24.3 Å². The third kappa shape index (κ3) is 1.63. The molecule has 1 aliphatic rings. The lowest BCUT2D eigenvalue weighted by Gasteiger charge is -2.04. The van der Waals surface area contributed by atoms with E-state index in [2.05, 4.69) is 44.9 Å². The van der Waals surface area contributed by atoms with Crippen molar-refractivity contribution in [2.24, 2.45) is 5.92 Å². The van der Waals surface area contributed by atoms with E-state index in [4.69, 9.17) is 0 Å². The van der Waals surface area contributed by atoms with Crippen molar-refractivity contribution >= 4 is 0 Å². The van der Waals surface area contributed by atoms with Crippen molar-refractivity contribution in [1.29, 1.82) is 0 Å². The van der Waals surface area contributed by atoms with E-state index in [0.717, 1.165) is 25.1 Å². The molecule has 1 aromatic heterocycles. The molecule has 4 heteroatoms. The second-order valence-corrected chi connectivity index (χ2v) is 4.10. The van der Waals surface area contributed by atoms with Crippen LogP contribution in [0.2, 0.25) is 0 Å². The summed E-state index contributed by atoms with van der Waals surface area (Å²) >= 11 is 0. The van der Waals surface area contributed by atoms with Crippen LogP contribution in [0.4, 0.5) is 0 Å². The molecule has 4 nitrogen and oxygen atoms in total. The number of aromatic nitrogens is 4. The Morgan fingerprint density at radius 1 is 1.20 bits per heavy atom. The number of benzene rings is 1. The van der Waals surface area contributed by atoms with Crippen molar-refractivity contribution in [2.45, 2.75) is 19.3 Å². The molecule has 1 aliphatic carbocycles. The lowest BCUT2D eigenvalue weighted by molar-refractivity contribution is 0.542. The number of rotatable bonds is 2. The highest BCUT2D eigenvalue weighted by atomic mass is 15.5. The number of tetrazole rings is 1. The van der Waals surface area contributed by atoms with Crippen LogP contribution in [0.1, 0.15) is 17.0 Å². The van der Waals surface area contributed by atoms with E-state index in [1.165, 1.54) is 11.1 Å². The Bertz CT molecular complexity index is 422. The number of H-pyrrole nitrogens is 1. The molecule has 0 atom stereocenters. The fourth-order valence-electron chi connectivity index (χ4n) is 2.33. The van der Waals surface area contributed by atoms with Gasteiger partial charge in [0.15, 0.2) is 0 Å². The van der Waals surface area contributed by atoms with E-state index < -0.39 is 0 Å². The normalized spacial score (nSPS) is 15.5. The van der Waals surface area contributed by atoms with Crippen LogP contribution in [0.3, 0.4) is 0 Å². The average Bonchev–Trinajstić information content (AvgIpc) is 2.86. The zero-order chi connectivity index (χ0) is 10.1. The summed E-state index contributed by atoms with van der Waals surface area (Å²) in [5.41, 5.74) is 2.96. The predicted molar refractivity (Wildman–Crippen MR) is 55.2 cm³/mol. The minimum absolute atomic E-state index is 0.650. The number of hydrogen-bond acceptors (Lipinski definition) is 3. The van der Waals surface area contributed by atoms with E-state index in [1.807, 2.05) is 0 Å². The van der Waals surface area contributed by atoms with Gasteiger partial charge in [0.1, 0.15) is 5.82 Å². The van der Waals surface area contributed by atoms with E-state index in [-0.39, 0.29) is 0 Å². The van der Waals surface area contributed by atoms with Crippen LogP contribution < -0.4 is 0 Å². The fraction of sp³-hybridized carbons (Fsp3) is 0.364. The van der Waals surface area contributed by atoms with Gasteiger partial charge in [0, 0.05) is 6.42 Å². The highest BCUT2D eigenvalue weighted by molar-refractivity contribution is 5.32. The maximum Gasteiger partial charge on any atom is 0.148 e. The summed E-state index contributed by atoms with van der Waals surface area (Å²) in [7, 11) is 0. The SMILES string of the molecule is c1ccc2c(c1)CC(Cc1nnn[nH]1)C2. The Balaban J connectivity index is 1.74. The van der Waals surface area contributed by atoms with Gasteiger partial charge in [-0.2, -0.15) is 0 Å². The quantitative estimate of drug-likeness (QED) is 0.791. The van der Waals surface area contributed by atoms with Gasteiger partial charge >= 0.3 is 0 Å². The number of fused-ring (bicyclic) bond motifs is 1. The Hall–Kier alpha value is -1.71. The van der Waals surface area contributed by atoms with Crippen LogP contribution in [0.15, 0.2) is 24.3 Å². The maximum absolute atomic E-state index is 3.93. The number of nitrogens with one attached hydrogen (secondary N) is 1. The average molecular weight is 200 g/mol. The predicted octanol–water partition coefficient (Wildman–Crippen LogP) is 1.16. The molecule has 0 bridgehead atoms. The first kappa shape index (κ1) is 8.59. The van der Waals surface area contributed by atoms with Crippen LogP contribution in [0, 0.1) is 5.92 Å². The number of nitrogens with zero attached hydrogens (tertiary/aromatic N) is 3. The Kier molecular flexibility index (Phi) is 1.98. The Labute approximate surface area is 87.7 Å². The van der Waals surface area contributed by atoms with E-state index >= 15 is 0 Å². The van der Waals surface area contributed by atoms with E-state index in [1.54, 1.807) is 0 Å². The molecule has 0 fully saturated rings. The molecule has 0 saturated carbocycles. The minimum atomic E-state index is 0.650. The zero-order valence-corrected chi connectivity index (χ0v) is 8.35. The summed E-state index contributed by atoms with van der Waals surface area (Å²) in [5, 5.41) is 13.9. The molecule has 0 aliphatic heterocycles. The highest BCUT2D eigenvalue weighted by Gasteiger charge is 2.21. The van der Waals surface area contributed by atoms with Crippen molar-refractivity contribution < 1.29 is 0 Å². The van der Waals surface area contributed by atoms with Gasteiger partial charge in [-0.15, -0.1) is 5.10 Å². The molecule has 3 rings (SSSR count). The smallest absolute Gasteiger partial charge is 0.148 e. The lowest BCUT2D eigenvalue weighted by Crippen LogP contribution is -2.05. The molecule has 0 radical (unpaired) electrons. The van der Waals surface area contributed by atoms with Crippen molar-refractivity contribution in [3.05, 3.63) is 41.2 Å². The molecular weight excluding hydrogens is 188 g/mol. The second-order valence-electron chi connectivity index (χ2n) is 4.10. The summed E-state index contributed by atoms with van der Waals surface area (Å²) in [5.74, 6) is 1.55. The van der Waals surface area contributed by atoms with Gasteiger partial charge in [-0.25, -0.2) is 5.10 Å². The first-order valence-electron chi connectivity index (χ1n) is 5.21. The van der Waals surface area contributed by atoms with Crippen molar-refractivity contribution in [1.82, 2.24) is 20.6 Å². The summed E-state index contributed by atoms with van der Waals surface area (Å²) in [6.07, 6.45) is 3.25. The molecule has 1 heterocycles. The van der Waals surface area contributed by atoms with Crippen LogP contribution in [-0.2, 0) is 19.3 Å². The first-order valence-corrected chi connectivity index (χ1v) is 5.21. The molecule has 76 valence electrons. The molecule has 0 saturated heterocycles. The van der Waals surface area contributed by atoms with Crippen LogP contribution in [-0.4, -0.2) is 20.6 Å². The zero-order valence-electron chi connectivity index (χ0n) is 8.35. The van der Waals surface area contributed by atoms with Crippen LogP contribution in [0.5, 0.6) is 0 Å². The standard InChI is InChI=1S/C11H12N4/c1-2-4-10-6-8(5-9(10)3-1)7-11-12-14-15-13-11/h1-4,8H,5-7H2,(H,12,13,14,15). The molecule has 0 spiro atoms. The first-order chi connectivity index (χ1) is 7.42. The van der Waals surface area contributed by atoms with E-state index in [9.17, 15) is 0 Å². The number of aromatic amines is 1. The molecule has 1 aromatic carbocycles. The van der Waals surface area contributed by atoms with Gasteiger partial charge in [0.2, 0.25) is 0 Å². The topological polar surface area (TPSA) is 54.5 Å². The lowest BCUT2D eigenvalue weighted by atomic mass is 10.0. The molecule has 2 aromatic rings. The van der Waals surface area contributed by atoms with Crippen molar-refractivity contribution in [2.75, 3.05) is 0 Å². The van der Waals surface area contributed by atoms with Gasteiger partial charge in [-0.3, -0.25) is 0 Å². The minimum Gasteiger partial charge on any atom is -0.243 e. The van der Waals surface area contributed by atoms with Gasteiger partial charge in [0.05, 0.1) is 0 Å². The maximum atomic E-state index is 3.93. The van der Waals surface area contributed by atoms with Crippen LogP contribution in [0.25, 0.3) is 0 Å². The van der Waals surface area contributed by atoms with Gasteiger partial charge < -0.3 is 0 Å². The molecule has 1 N–H and O–H groups in total. The Morgan fingerprint density at radius 2 is 1.93 bits per heavy atom. The van der Waals surface area contributed by atoms with Gasteiger partial charge in [-0.05, 0) is 40.3 Å². The summed E-state index contributed by atoms with van der Waals surface area (Å²) in [6.45, 7) is 0. The molecule has 0 amide bonds. The third-order valence-electron chi connectivity index (χ3n) is 3.01. The van der Waals surface area contributed by atoms with Crippen molar-refractivity contribution in [3.63, 3.8) is 0 Å². The summed E-state index contributed by atoms with van der Waals surface area (Å²) in [6, 6.07) is 8.65. The molecule has 15 heavy (non-hydrogen) atoms. The second kappa shape index (κ2) is 3.46. The largest absolute Gasteiger partial charge is 0.243 e.